The zero-order chi connectivity index (χ0) is 47.8. The fraction of sp³-hybridized carbons (Fsp3) is 0.481. The fourth-order valence-electron chi connectivity index (χ4n) is 10.6. The summed E-state index contributed by atoms with van der Waals surface area (Å²) in [5.74, 6) is 1.37. The smallest absolute Gasteiger partial charge is 0.319 e. The van der Waals surface area contributed by atoms with E-state index >= 15 is 8.78 Å². The molecule has 0 spiro atoms. The Morgan fingerprint density at radius 1 is 0.957 bits per heavy atom. The van der Waals surface area contributed by atoms with Gasteiger partial charge in [-0.15, -0.1) is 6.42 Å². The first-order valence-corrected chi connectivity index (χ1v) is 24.2. The summed E-state index contributed by atoms with van der Waals surface area (Å²) in [5.41, 5.74) is 1.67. The van der Waals surface area contributed by atoms with Crippen LogP contribution in [0.4, 0.5) is 26.0 Å². The molecule has 15 nitrogen and oxygen atoms in total. The summed E-state index contributed by atoms with van der Waals surface area (Å²) < 4.78 is 50.8. The van der Waals surface area contributed by atoms with Gasteiger partial charge in [-0.05, 0) is 93.2 Å². The lowest BCUT2D eigenvalue weighted by Crippen LogP contribution is -2.50. The highest BCUT2D eigenvalue weighted by Gasteiger charge is 2.45. The van der Waals surface area contributed by atoms with Crippen molar-refractivity contribution >= 4 is 50.7 Å². The zero-order valence-electron chi connectivity index (χ0n) is 39.2. The number of phenolic OH excluding ortho intramolecular Hbond substituents is 1. The van der Waals surface area contributed by atoms with Gasteiger partial charge >= 0.3 is 6.01 Å². The quantitative estimate of drug-likeness (QED) is 0.0887. The molecule has 0 radical (unpaired) electrons. The molecule has 3 aromatic carbocycles. The van der Waals surface area contributed by atoms with Crippen LogP contribution in [0.3, 0.4) is 0 Å². The van der Waals surface area contributed by atoms with Gasteiger partial charge in [-0.1, -0.05) is 18.1 Å². The van der Waals surface area contributed by atoms with Gasteiger partial charge in [-0.25, -0.2) is 13.8 Å². The van der Waals surface area contributed by atoms with Gasteiger partial charge in [-0.3, -0.25) is 14.9 Å². The van der Waals surface area contributed by atoms with Gasteiger partial charge in [0.05, 0.1) is 25.4 Å². The predicted octanol–water partition coefficient (Wildman–Crippen LogP) is 6.34. The Morgan fingerprint density at radius 3 is 2.51 bits per heavy atom. The van der Waals surface area contributed by atoms with Crippen LogP contribution in [0, 0.1) is 35.3 Å². The third kappa shape index (κ3) is 9.93. The van der Waals surface area contributed by atoms with Gasteiger partial charge in [0, 0.05) is 106 Å². The largest absolute Gasteiger partial charge is 0.508 e. The number of carbonyl (C=O) groups excluding carboxylic acids is 2. The third-order valence-corrected chi connectivity index (χ3v) is 14.5. The van der Waals surface area contributed by atoms with Crippen molar-refractivity contribution in [2.75, 3.05) is 101 Å². The molecule has 1 aliphatic carbocycles. The van der Waals surface area contributed by atoms with Gasteiger partial charge in [0.15, 0.2) is 5.82 Å². The Balaban J connectivity index is 0.802. The second-order valence-corrected chi connectivity index (χ2v) is 19.5. The first-order valence-electron chi connectivity index (χ1n) is 24.2. The summed E-state index contributed by atoms with van der Waals surface area (Å²) in [6, 6.07) is 13.3. The number of rotatable bonds is 13. The number of amides is 2. The van der Waals surface area contributed by atoms with E-state index in [-0.39, 0.29) is 74.1 Å². The van der Waals surface area contributed by atoms with Crippen molar-refractivity contribution in [2.24, 2.45) is 11.3 Å². The molecule has 4 saturated heterocycles. The third-order valence-electron chi connectivity index (χ3n) is 14.5. The SMILES string of the molecule is C#Cc1c(F)ccc2cc(O)cc(-c3nc(OC)c4c(N5CCCOC(C)C5)nc(OCC5(CN6CCN(CC7CCN(c8cccc(NC9CCC(=O)NC9=O)c8)CC7)CC6)CC5)nc4c3F)c12. The minimum atomic E-state index is -0.812. The highest BCUT2D eigenvalue weighted by molar-refractivity contribution is 6.04. The Morgan fingerprint density at radius 2 is 1.75 bits per heavy atom. The number of nitrogens with one attached hydrogen (secondary N) is 2. The van der Waals surface area contributed by atoms with Gasteiger partial charge < -0.3 is 44.2 Å². The van der Waals surface area contributed by atoms with Crippen LogP contribution in [0.5, 0.6) is 17.6 Å². The first-order chi connectivity index (χ1) is 33.5. The lowest BCUT2D eigenvalue weighted by atomic mass is 9.95. The maximum atomic E-state index is 17.3. The van der Waals surface area contributed by atoms with E-state index in [9.17, 15) is 14.7 Å². The minimum absolute atomic E-state index is 0.0308. The van der Waals surface area contributed by atoms with Crippen LogP contribution in [-0.2, 0) is 14.3 Å². The number of phenols is 1. The summed E-state index contributed by atoms with van der Waals surface area (Å²) in [5, 5.41) is 17.4. The number of imide groups is 1. The number of fused-ring (bicyclic) bond motifs is 2. The van der Waals surface area contributed by atoms with Crippen LogP contribution < -0.4 is 29.9 Å². The number of pyridine rings is 1. The minimum Gasteiger partial charge on any atom is -0.508 e. The average Bonchev–Trinajstić information content (AvgIpc) is 4.16. The van der Waals surface area contributed by atoms with Crippen molar-refractivity contribution in [2.45, 2.75) is 64.0 Å². The molecule has 4 aliphatic heterocycles. The molecule has 2 unspecified atom stereocenters. The number of methoxy groups -OCH3 is 1. The van der Waals surface area contributed by atoms with Crippen molar-refractivity contribution in [3.05, 3.63) is 65.7 Å². The summed E-state index contributed by atoms with van der Waals surface area (Å²) in [6.45, 7) is 11.8. The van der Waals surface area contributed by atoms with E-state index in [0.29, 0.717) is 56.3 Å². The lowest BCUT2D eigenvalue weighted by Gasteiger charge is -2.40. The van der Waals surface area contributed by atoms with Crippen molar-refractivity contribution in [1.82, 2.24) is 30.1 Å². The number of halogens is 2. The molecule has 2 atom stereocenters. The molecular weight excluding hydrogens is 885 g/mol. The molecule has 10 rings (SSSR count). The number of benzene rings is 3. The van der Waals surface area contributed by atoms with Crippen LogP contribution >= 0.6 is 0 Å². The number of hydrogen-bond donors (Lipinski definition) is 3. The molecule has 5 fully saturated rings. The molecule has 17 heteroatoms. The molecule has 5 aromatic rings. The van der Waals surface area contributed by atoms with Crippen LogP contribution in [-0.4, -0.2) is 140 Å². The number of piperidine rings is 2. The van der Waals surface area contributed by atoms with Crippen molar-refractivity contribution < 1.29 is 37.7 Å². The second kappa shape index (κ2) is 19.6. The average molecular weight is 944 g/mol. The Kier molecular flexibility index (Phi) is 13.2. The van der Waals surface area contributed by atoms with Crippen molar-refractivity contribution in [3.8, 4) is 41.2 Å². The van der Waals surface area contributed by atoms with Crippen LogP contribution in [0.2, 0.25) is 0 Å². The summed E-state index contributed by atoms with van der Waals surface area (Å²) in [7, 11) is 1.44. The normalized spacial score (nSPS) is 21.5. The van der Waals surface area contributed by atoms with E-state index in [1.807, 2.05) is 24.0 Å². The standard InChI is InChI=1S/C52H59F2N9O6/c1-4-38-40(53)10-9-34-25-37(64)27-39(43(34)38)46-45(54)47-44(50(57-46)67-3)48(63-17-6-24-68-32(2)28-63)59-51(58-47)69-31-52(15-16-52)30-61-22-20-60(21-23-61)29-33-13-18-62(19-14-33)36-8-5-7-35(26-36)55-41-11-12-42(65)56-49(41)66/h1,5,7-10,25-27,32-33,41,55,64H,6,11-24,28-31H2,2-3H3,(H,56,65,66). The van der Waals surface area contributed by atoms with Gasteiger partial charge in [0.1, 0.15) is 40.0 Å². The Labute approximate surface area is 400 Å². The number of nitrogens with zero attached hydrogens (tertiary/aromatic N) is 7. The molecule has 69 heavy (non-hydrogen) atoms. The Hall–Kier alpha value is -6.35. The predicted molar refractivity (Wildman–Crippen MR) is 260 cm³/mol. The molecule has 6 heterocycles. The molecule has 0 bridgehead atoms. The summed E-state index contributed by atoms with van der Waals surface area (Å²) in [4.78, 5) is 47.8. The lowest BCUT2D eigenvalue weighted by molar-refractivity contribution is -0.133. The molecule has 2 aromatic heterocycles. The second-order valence-electron chi connectivity index (χ2n) is 19.5. The highest BCUT2D eigenvalue weighted by atomic mass is 19.1. The molecule has 362 valence electrons. The van der Waals surface area contributed by atoms with Crippen molar-refractivity contribution in [1.29, 1.82) is 0 Å². The maximum Gasteiger partial charge on any atom is 0.319 e. The van der Waals surface area contributed by atoms with E-state index in [4.69, 9.17) is 30.6 Å². The molecule has 3 N–H and O–H groups in total. The van der Waals surface area contributed by atoms with Gasteiger partial charge in [0.25, 0.3) is 0 Å². The molecule has 5 aliphatic rings. The number of aromatic hydroxyl groups is 1. The molecule has 2 amide bonds. The Bertz CT molecular complexity index is 2800. The monoisotopic (exact) mass is 943 g/mol. The number of terminal acetylenes is 1. The summed E-state index contributed by atoms with van der Waals surface area (Å²) >= 11 is 0. The number of anilines is 3. The zero-order valence-corrected chi connectivity index (χ0v) is 39.2. The summed E-state index contributed by atoms with van der Waals surface area (Å²) in [6.07, 6.45) is 11.4. The van der Waals surface area contributed by atoms with Crippen LogP contribution in [0.15, 0.2) is 48.5 Å². The van der Waals surface area contributed by atoms with Crippen LogP contribution in [0.25, 0.3) is 32.9 Å². The number of aromatic nitrogens is 3. The van der Waals surface area contributed by atoms with E-state index in [1.54, 1.807) is 0 Å². The van der Waals surface area contributed by atoms with Gasteiger partial charge in [-0.2, -0.15) is 9.97 Å². The van der Waals surface area contributed by atoms with Gasteiger partial charge in [0.2, 0.25) is 17.7 Å². The van der Waals surface area contributed by atoms with E-state index in [2.05, 4.69) is 48.4 Å². The topological polar surface area (TPSA) is 158 Å². The van der Waals surface area contributed by atoms with E-state index < -0.39 is 17.7 Å². The number of piperazine rings is 1. The van der Waals surface area contributed by atoms with E-state index in [0.717, 1.165) is 95.8 Å². The van der Waals surface area contributed by atoms with E-state index in [1.165, 1.54) is 31.4 Å². The number of carbonyl (C=O) groups is 2. The highest BCUT2D eigenvalue weighted by Crippen LogP contribution is 2.47. The molecular formula is C52H59F2N9O6. The first kappa shape index (κ1) is 46.4. The number of ether oxygens (including phenoxy) is 3. The molecule has 1 saturated carbocycles. The van der Waals surface area contributed by atoms with Crippen molar-refractivity contribution in [3.63, 3.8) is 0 Å². The van der Waals surface area contributed by atoms with Crippen LogP contribution in [0.1, 0.15) is 57.4 Å². The fourth-order valence-corrected chi connectivity index (χ4v) is 10.6. The number of hydrogen-bond acceptors (Lipinski definition) is 14. The maximum absolute atomic E-state index is 17.3.